The minimum Gasteiger partial charge on any atom is -0.497 e. The van der Waals surface area contributed by atoms with Gasteiger partial charge in [-0.1, -0.05) is 65.2 Å². The van der Waals surface area contributed by atoms with E-state index < -0.39 is 0 Å². The van der Waals surface area contributed by atoms with E-state index in [4.69, 9.17) is 14.2 Å². The maximum absolute atomic E-state index is 6.43. The van der Waals surface area contributed by atoms with Gasteiger partial charge < -0.3 is 14.2 Å². The van der Waals surface area contributed by atoms with E-state index in [-0.39, 0.29) is 0 Å². The number of unbranched alkanes of at least 4 members (excludes halogenated alkanes) is 8. The predicted octanol–water partition coefficient (Wildman–Crippen LogP) is 7.97. The largest absolute Gasteiger partial charge is 0.497 e. The van der Waals surface area contributed by atoms with E-state index in [1.165, 1.54) is 80.2 Å². The van der Waals surface area contributed by atoms with Crippen molar-refractivity contribution in [3.63, 3.8) is 0 Å². The van der Waals surface area contributed by atoms with Crippen molar-refractivity contribution in [2.75, 3.05) is 27.4 Å². The van der Waals surface area contributed by atoms with Gasteiger partial charge in [-0.15, -0.1) is 0 Å². The summed E-state index contributed by atoms with van der Waals surface area (Å²) in [6, 6.07) is 12.9. The number of methoxy groups -OCH3 is 2. The van der Waals surface area contributed by atoms with Crippen LogP contribution in [0.25, 0.3) is 0 Å². The van der Waals surface area contributed by atoms with Crippen molar-refractivity contribution in [3.05, 3.63) is 53.1 Å². The fraction of sp³-hybridized carbons (Fsp3) is 0.594. The Kier molecular flexibility index (Phi) is 12.2. The second-order valence-electron chi connectivity index (χ2n) is 10.0. The summed E-state index contributed by atoms with van der Waals surface area (Å²) in [7, 11) is 3.48. The molecule has 0 N–H and O–H groups in total. The molecule has 0 aliphatic carbocycles. The molecule has 1 heterocycles. The number of nitrogens with zero attached hydrogens (tertiary/aromatic N) is 1. The van der Waals surface area contributed by atoms with Crippen LogP contribution in [0.2, 0.25) is 0 Å². The molecule has 0 radical (unpaired) electrons. The molecular formula is C32H48NO3+. The minimum absolute atomic E-state index is 0.764. The highest BCUT2D eigenvalue weighted by atomic mass is 16.5. The van der Waals surface area contributed by atoms with Crippen LogP contribution in [0.3, 0.4) is 0 Å². The molecule has 0 spiro atoms. The Labute approximate surface area is 219 Å². The van der Waals surface area contributed by atoms with Crippen LogP contribution in [0.5, 0.6) is 17.2 Å². The van der Waals surface area contributed by atoms with E-state index in [1.54, 1.807) is 14.2 Å². The zero-order valence-electron chi connectivity index (χ0n) is 23.2. The van der Waals surface area contributed by atoms with E-state index in [1.807, 2.05) is 0 Å². The molecule has 2 aromatic carbocycles. The first kappa shape index (κ1) is 28.1. The first-order valence-electron chi connectivity index (χ1n) is 14.3. The average molecular weight is 495 g/mol. The summed E-state index contributed by atoms with van der Waals surface area (Å²) >= 11 is 0. The van der Waals surface area contributed by atoms with E-state index >= 15 is 0 Å². The van der Waals surface area contributed by atoms with Gasteiger partial charge in [-0.25, -0.2) is 4.58 Å². The van der Waals surface area contributed by atoms with E-state index in [0.717, 1.165) is 56.2 Å². The first-order valence-corrected chi connectivity index (χ1v) is 14.3. The number of hydrogen-bond acceptors (Lipinski definition) is 3. The Morgan fingerprint density at radius 2 is 1.44 bits per heavy atom. The van der Waals surface area contributed by atoms with Gasteiger partial charge in [0.05, 0.1) is 20.8 Å². The smallest absolute Gasteiger partial charge is 0.184 e. The van der Waals surface area contributed by atoms with Gasteiger partial charge >= 0.3 is 0 Å². The van der Waals surface area contributed by atoms with Crippen LogP contribution >= 0.6 is 0 Å². The second kappa shape index (κ2) is 15.6. The number of ether oxygens (including phenoxy) is 3. The first-order chi connectivity index (χ1) is 17.7. The molecule has 4 heteroatoms. The third kappa shape index (κ3) is 8.01. The zero-order chi connectivity index (χ0) is 25.6. The van der Waals surface area contributed by atoms with Gasteiger partial charge in [0.15, 0.2) is 23.8 Å². The molecule has 2 aromatic rings. The van der Waals surface area contributed by atoms with Crippen LogP contribution in [0.4, 0.5) is 0 Å². The molecule has 0 saturated heterocycles. The Balaban J connectivity index is 1.82. The molecule has 0 bridgehead atoms. The Hall–Kier alpha value is -2.49. The van der Waals surface area contributed by atoms with Crippen LogP contribution in [0, 0.1) is 0 Å². The molecule has 4 nitrogen and oxygen atoms in total. The van der Waals surface area contributed by atoms with Gasteiger partial charge in [0.1, 0.15) is 12.3 Å². The molecule has 0 atom stereocenters. The van der Waals surface area contributed by atoms with E-state index in [9.17, 15) is 0 Å². The average Bonchev–Trinajstić information content (AvgIpc) is 2.91. The second-order valence-corrected chi connectivity index (χ2v) is 10.0. The highest BCUT2D eigenvalue weighted by Crippen LogP contribution is 2.37. The van der Waals surface area contributed by atoms with E-state index in [0.29, 0.717) is 0 Å². The van der Waals surface area contributed by atoms with Crippen molar-refractivity contribution in [1.29, 1.82) is 0 Å². The maximum atomic E-state index is 6.43. The third-order valence-electron chi connectivity index (χ3n) is 7.31. The van der Waals surface area contributed by atoms with Crippen LogP contribution in [-0.2, 0) is 13.0 Å². The summed E-state index contributed by atoms with van der Waals surface area (Å²) in [6.07, 6.45) is 14.8. The lowest BCUT2D eigenvalue weighted by molar-refractivity contribution is -0.545. The monoisotopic (exact) mass is 494 g/mol. The van der Waals surface area contributed by atoms with Crippen molar-refractivity contribution in [2.45, 2.75) is 97.4 Å². The van der Waals surface area contributed by atoms with Crippen LogP contribution in [0.15, 0.2) is 36.4 Å². The zero-order valence-corrected chi connectivity index (χ0v) is 23.2. The van der Waals surface area contributed by atoms with Gasteiger partial charge in [-0.2, -0.15) is 0 Å². The fourth-order valence-corrected chi connectivity index (χ4v) is 5.19. The topological polar surface area (TPSA) is 30.7 Å². The molecular weight excluding hydrogens is 446 g/mol. The lowest BCUT2D eigenvalue weighted by Gasteiger charge is -2.23. The summed E-state index contributed by atoms with van der Waals surface area (Å²) in [6.45, 7) is 7.23. The van der Waals surface area contributed by atoms with Gasteiger partial charge in [0, 0.05) is 29.5 Å². The van der Waals surface area contributed by atoms with Crippen LogP contribution in [-0.4, -0.2) is 37.7 Å². The summed E-state index contributed by atoms with van der Waals surface area (Å²) in [5, 5.41) is 0. The van der Waals surface area contributed by atoms with E-state index in [2.05, 4.69) is 54.8 Å². The van der Waals surface area contributed by atoms with Crippen molar-refractivity contribution < 1.29 is 18.8 Å². The normalized spacial score (nSPS) is 13.0. The number of benzene rings is 2. The van der Waals surface area contributed by atoms with Gasteiger partial charge in [-0.3, -0.25) is 0 Å². The SMILES string of the molecule is CCCCCCCCOc1c(OC)ccc2c1CC[N+](Cc1ccc(OC)cc1)=C2CCCCCC. The number of fused-ring (bicyclic) bond motifs is 1. The Morgan fingerprint density at radius 1 is 0.750 bits per heavy atom. The molecule has 36 heavy (non-hydrogen) atoms. The third-order valence-corrected chi connectivity index (χ3v) is 7.31. The molecule has 0 saturated carbocycles. The Morgan fingerprint density at radius 3 is 2.14 bits per heavy atom. The highest BCUT2D eigenvalue weighted by molar-refractivity contribution is 5.99. The van der Waals surface area contributed by atoms with Crippen LogP contribution in [0.1, 0.15) is 101 Å². The Bertz CT molecular complexity index is 949. The summed E-state index contributed by atoms with van der Waals surface area (Å²) in [5.74, 6) is 2.75. The molecule has 1 aliphatic rings. The van der Waals surface area contributed by atoms with Crippen LogP contribution < -0.4 is 14.2 Å². The molecule has 0 fully saturated rings. The summed E-state index contributed by atoms with van der Waals surface area (Å²) < 4.78 is 20.1. The van der Waals surface area contributed by atoms with Gasteiger partial charge in [0.2, 0.25) is 0 Å². The summed E-state index contributed by atoms with van der Waals surface area (Å²) in [5.41, 5.74) is 5.45. The quantitative estimate of drug-likeness (QED) is 0.165. The van der Waals surface area contributed by atoms with Gasteiger partial charge in [0.25, 0.3) is 0 Å². The summed E-state index contributed by atoms with van der Waals surface area (Å²) in [4.78, 5) is 0. The lowest BCUT2D eigenvalue weighted by atomic mass is 9.92. The van der Waals surface area contributed by atoms with Gasteiger partial charge in [-0.05, 0) is 49.2 Å². The predicted molar refractivity (Wildman–Crippen MR) is 150 cm³/mol. The maximum Gasteiger partial charge on any atom is 0.184 e. The lowest BCUT2D eigenvalue weighted by Crippen LogP contribution is -2.30. The van der Waals surface area contributed by atoms with Crippen molar-refractivity contribution in [3.8, 4) is 17.2 Å². The molecule has 0 aromatic heterocycles. The van der Waals surface area contributed by atoms with Crippen molar-refractivity contribution in [1.82, 2.24) is 0 Å². The molecule has 0 unspecified atom stereocenters. The molecule has 0 amide bonds. The van der Waals surface area contributed by atoms with Crippen molar-refractivity contribution >= 4 is 5.71 Å². The molecule has 1 aliphatic heterocycles. The highest BCUT2D eigenvalue weighted by Gasteiger charge is 2.29. The fourth-order valence-electron chi connectivity index (χ4n) is 5.19. The number of rotatable bonds is 17. The molecule has 198 valence electrons. The number of hydrogen-bond donors (Lipinski definition) is 0. The van der Waals surface area contributed by atoms with Crippen molar-refractivity contribution in [2.24, 2.45) is 0 Å². The standard InChI is InChI=1S/C32H48NO3/c1-5-7-9-11-12-14-24-36-32-29-22-23-33(25-26-16-18-27(34-3)19-17-26)30(15-13-10-8-6-2)28(29)20-21-31(32)35-4/h16-21H,5-15,22-25H2,1-4H3/q+1. The minimum atomic E-state index is 0.764. The molecule has 3 rings (SSSR count).